The van der Waals surface area contributed by atoms with E-state index in [9.17, 15) is 4.79 Å². The molecule has 1 heterocycles. The maximum absolute atomic E-state index is 12.1. The first-order valence-corrected chi connectivity index (χ1v) is 6.88. The number of amides is 1. The van der Waals surface area contributed by atoms with E-state index < -0.39 is 6.04 Å². The van der Waals surface area contributed by atoms with Gasteiger partial charge in [0.25, 0.3) is 5.91 Å². The molecule has 1 amide bonds. The second-order valence-electron chi connectivity index (χ2n) is 4.83. The van der Waals surface area contributed by atoms with E-state index in [1.54, 1.807) is 18.2 Å². The molecule has 5 heteroatoms. The minimum Gasteiger partial charge on any atom is -0.370 e. The molecule has 4 nitrogen and oxygen atoms in total. The molecule has 104 valence electrons. The van der Waals surface area contributed by atoms with Gasteiger partial charge in [-0.3, -0.25) is 4.79 Å². The Morgan fingerprint density at radius 3 is 2.71 bits per heavy atom. The molecule has 0 radical (unpaired) electrons. The van der Waals surface area contributed by atoms with Gasteiger partial charge in [0.05, 0.1) is 12.5 Å². The van der Waals surface area contributed by atoms with Gasteiger partial charge in [-0.1, -0.05) is 23.7 Å². The fourth-order valence-corrected chi connectivity index (χ4v) is 2.53. The number of hydrogen-bond acceptors (Lipinski definition) is 3. The Morgan fingerprint density at radius 1 is 1.24 bits per heavy atom. The fraction of sp³-hybridized carbons (Fsp3) is 0.125. The van der Waals surface area contributed by atoms with Crippen LogP contribution in [0.1, 0.15) is 17.2 Å². The summed E-state index contributed by atoms with van der Waals surface area (Å²) in [6, 6.07) is 14.5. The first kappa shape index (κ1) is 13.5. The second-order valence-corrected chi connectivity index (χ2v) is 5.27. The van der Waals surface area contributed by atoms with E-state index in [4.69, 9.17) is 16.9 Å². The summed E-state index contributed by atoms with van der Waals surface area (Å²) < 4.78 is 0. The van der Waals surface area contributed by atoms with Crippen LogP contribution in [0.15, 0.2) is 42.5 Å². The topological polar surface area (TPSA) is 64.9 Å². The predicted octanol–water partition coefficient (Wildman–Crippen LogP) is 3.51. The molecule has 0 saturated heterocycles. The summed E-state index contributed by atoms with van der Waals surface area (Å²) in [5.74, 6) is -0.103. The van der Waals surface area contributed by atoms with Crippen LogP contribution < -0.4 is 10.6 Å². The lowest BCUT2D eigenvalue weighted by Gasteiger charge is -2.13. The number of carbonyl (C=O) groups excluding carboxylic acids is 1. The van der Waals surface area contributed by atoms with Gasteiger partial charge in [-0.15, -0.1) is 0 Å². The molecule has 21 heavy (non-hydrogen) atoms. The quantitative estimate of drug-likeness (QED) is 0.911. The molecule has 0 bridgehead atoms. The molecule has 0 spiro atoms. The third kappa shape index (κ3) is 2.69. The van der Waals surface area contributed by atoms with Crippen molar-refractivity contribution in [3.05, 3.63) is 58.6 Å². The summed E-state index contributed by atoms with van der Waals surface area (Å²) in [5, 5.41) is 15.3. The second kappa shape index (κ2) is 5.47. The van der Waals surface area contributed by atoms with E-state index in [0.717, 1.165) is 22.5 Å². The van der Waals surface area contributed by atoms with Crippen LogP contribution in [0.3, 0.4) is 0 Å². The molecule has 0 aromatic heterocycles. The predicted molar refractivity (Wildman–Crippen MR) is 82.2 cm³/mol. The molecule has 0 saturated carbocycles. The van der Waals surface area contributed by atoms with Crippen LogP contribution in [-0.2, 0) is 11.2 Å². The minimum absolute atomic E-state index is 0.103. The third-order valence-electron chi connectivity index (χ3n) is 3.39. The molecule has 1 aliphatic heterocycles. The number of anilines is 2. The lowest BCUT2D eigenvalue weighted by molar-refractivity contribution is -0.116. The van der Waals surface area contributed by atoms with Gasteiger partial charge in [0.15, 0.2) is 0 Å². The van der Waals surface area contributed by atoms with Gasteiger partial charge in [0.2, 0.25) is 0 Å². The zero-order valence-corrected chi connectivity index (χ0v) is 11.8. The normalized spacial score (nSPS) is 16.0. The molecule has 3 rings (SSSR count). The van der Waals surface area contributed by atoms with Crippen molar-refractivity contribution in [2.45, 2.75) is 12.5 Å². The molecule has 0 aliphatic carbocycles. The standard InChI is InChI=1S/C16H12ClN3O/c17-11-3-6-14-13(9-11)15(16(21)20-14)19-12-4-1-10(2-5-12)7-8-18/h1-6,9,15,19H,7H2,(H,20,21). The van der Waals surface area contributed by atoms with Gasteiger partial charge < -0.3 is 10.6 Å². The van der Waals surface area contributed by atoms with E-state index >= 15 is 0 Å². The highest BCUT2D eigenvalue weighted by molar-refractivity contribution is 6.31. The van der Waals surface area contributed by atoms with E-state index in [0.29, 0.717) is 11.4 Å². The number of benzene rings is 2. The van der Waals surface area contributed by atoms with E-state index in [1.807, 2.05) is 24.3 Å². The summed E-state index contributed by atoms with van der Waals surface area (Å²) in [6.07, 6.45) is 0.378. The monoisotopic (exact) mass is 297 g/mol. The Labute approximate surface area is 127 Å². The van der Waals surface area contributed by atoms with E-state index in [2.05, 4.69) is 16.7 Å². The Hall–Kier alpha value is -2.51. The summed E-state index contributed by atoms with van der Waals surface area (Å²) >= 11 is 6.00. The van der Waals surface area contributed by atoms with Gasteiger partial charge in [-0.25, -0.2) is 0 Å². The van der Waals surface area contributed by atoms with Gasteiger partial charge >= 0.3 is 0 Å². The lowest BCUT2D eigenvalue weighted by atomic mass is 10.1. The molecular formula is C16H12ClN3O. The van der Waals surface area contributed by atoms with Crippen LogP contribution >= 0.6 is 11.6 Å². The number of hydrogen-bond donors (Lipinski definition) is 2. The van der Waals surface area contributed by atoms with Crippen molar-refractivity contribution in [1.29, 1.82) is 5.26 Å². The summed E-state index contributed by atoms with van der Waals surface area (Å²) in [4.78, 5) is 12.1. The summed E-state index contributed by atoms with van der Waals surface area (Å²) in [5.41, 5.74) is 3.39. The van der Waals surface area contributed by atoms with Gasteiger partial charge in [0.1, 0.15) is 6.04 Å². The van der Waals surface area contributed by atoms with Crippen LogP contribution in [-0.4, -0.2) is 5.91 Å². The Bertz CT molecular complexity index is 734. The minimum atomic E-state index is -0.458. The smallest absolute Gasteiger partial charge is 0.251 e. The third-order valence-corrected chi connectivity index (χ3v) is 3.63. The molecule has 0 fully saturated rings. The Kier molecular flexibility index (Phi) is 3.51. The van der Waals surface area contributed by atoms with E-state index in [1.165, 1.54) is 0 Å². The van der Waals surface area contributed by atoms with Crippen LogP contribution in [0.5, 0.6) is 0 Å². The fourth-order valence-electron chi connectivity index (χ4n) is 2.35. The number of nitriles is 1. The lowest BCUT2D eigenvalue weighted by Crippen LogP contribution is -2.19. The number of nitrogens with one attached hydrogen (secondary N) is 2. The van der Waals surface area contributed by atoms with Crippen molar-refractivity contribution in [2.75, 3.05) is 10.6 Å². The highest BCUT2D eigenvalue weighted by atomic mass is 35.5. The largest absolute Gasteiger partial charge is 0.370 e. The number of carbonyl (C=O) groups is 1. The first-order chi connectivity index (χ1) is 10.2. The van der Waals surface area contributed by atoms with Crippen LogP contribution in [0.25, 0.3) is 0 Å². The maximum Gasteiger partial charge on any atom is 0.251 e. The van der Waals surface area contributed by atoms with Crippen molar-refractivity contribution in [1.82, 2.24) is 0 Å². The first-order valence-electron chi connectivity index (χ1n) is 6.50. The van der Waals surface area contributed by atoms with Crippen molar-refractivity contribution < 1.29 is 4.79 Å². The Morgan fingerprint density at radius 2 is 2.00 bits per heavy atom. The highest BCUT2D eigenvalue weighted by Crippen LogP contribution is 2.35. The summed E-state index contributed by atoms with van der Waals surface area (Å²) in [6.45, 7) is 0. The number of halogens is 1. The van der Waals surface area contributed by atoms with Crippen molar-refractivity contribution in [2.24, 2.45) is 0 Å². The van der Waals surface area contributed by atoms with Crippen molar-refractivity contribution in [3.63, 3.8) is 0 Å². The van der Waals surface area contributed by atoms with Gasteiger partial charge in [-0.05, 0) is 35.9 Å². The number of fused-ring (bicyclic) bond motifs is 1. The van der Waals surface area contributed by atoms with Crippen molar-refractivity contribution in [3.8, 4) is 6.07 Å². The molecule has 2 aromatic rings. The average molecular weight is 298 g/mol. The molecule has 1 unspecified atom stereocenters. The zero-order valence-electron chi connectivity index (χ0n) is 11.1. The molecule has 2 N–H and O–H groups in total. The van der Waals surface area contributed by atoms with Crippen LogP contribution in [0.2, 0.25) is 5.02 Å². The zero-order chi connectivity index (χ0) is 14.8. The maximum atomic E-state index is 12.1. The van der Waals surface area contributed by atoms with Crippen LogP contribution in [0.4, 0.5) is 11.4 Å². The molecule has 1 atom stereocenters. The van der Waals surface area contributed by atoms with Gasteiger partial charge in [-0.2, -0.15) is 5.26 Å². The Balaban J connectivity index is 1.84. The summed E-state index contributed by atoms with van der Waals surface area (Å²) in [7, 11) is 0. The van der Waals surface area contributed by atoms with Crippen molar-refractivity contribution >= 4 is 28.9 Å². The highest BCUT2D eigenvalue weighted by Gasteiger charge is 2.30. The number of rotatable bonds is 3. The molecule has 1 aliphatic rings. The van der Waals surface area contributed by atoms with Crippen LogP contribution in [0, 0.1) is 11.3 Å². The molecular weight excluding hydrogens is 286 g/mol. The average Bonchev–Trinajstić information content (AvgIpc) is 2.77. The SMILES string of the molecule is N#CCc1ccc(NC2C(=O)Nc3ccc(Cl)cc32)cc1. The van der Waals surface area contributed by atoms with Gasteiger partial charge in [0, 0.05) is 22.0 Å². The van der Waals surface area contributed by atoms with E-state index in [-0.39, 0.29) is 5.91 Å². The number of nitrogens with zero attached hydrogens (tertiary/aromatic N) is 1. The molecule has 2 aromatic carbocycles.